The van der Waals surface area contributed by atoms with Crippen molar-refractivity contribution >= 4 is 34.1 Å². The fourth-order valence-corrected chi connectivity index (χ4v) is 3.83. The number of carbonyl (C=O) groups is 1. The lowest BCUT2D eigenvalue weighted by Gasteiger charge is -2.35. The molecule has 144 valence electrons. The van der Waals surface area contributed by atoms with Crippen LogP contribution in [0.25, 0.3) is 10.9 Å². The molecule has 1 aliphatic heterocycles. The van der Waals surface area contributed by atoms with Gasteiger partial charge < -0.3 is 15.2 Å². The molecule has 6 nitrogen and oxygen atoms in total. The number of fused-ring (bicyclic) bond motifs is 2. The third-order valence-electron chi connectivity index (χ3n) is 5.12. The fourth-order valence-electron chi connectivity index (χ4n) is 3.64. The van der Waals surface area contributed by atoms with Crippen LogP contribution in [0, 0.1) is 5.82 Å². The number of H-pyrrole nitrogens is 1. The van der Waals surface area contributed by atoms with E-state index < -0.39 is 11.4 Å². The second kappa shape index (κ2) is 7.24. The molecule has 2 aromatic carbocycles. The number of hydrogen-bond donors (Lipinski definition) is 2. The van der Waals surface area contributed by atoms with E-state index in [4.69, 9.17) is 11.6 Å². The summed E-state index contributed by atoms with van der Waals surface area (Å²) in [5, 5.41) is 3.69. The molecular weight excluding hydrogens is 383 g/mol. The van der Waals surface area contributed by atoms with E-state index in [1.807, 2.05) is 25.1 Å². The van der Waals surface area contributed by atoms with Crippen LogP contribution in [0.1, 0.15) is 24.1 Å². The molecule has 0 fully saturated rings. The average molecular weight is 401 g/mol. The number of aromatic amines is 1. The molecule has 4 rings (SSSR count). The second-order valence-corrected chi connectivity index (χ2v) is 7.23. The third-order valence-corrected chi connectivity index (χ3v) is 5.36. The lowest BCUT2D eigenvalue weighted by molar-refractivity contribution is -0.131. The van der Waals surface area contributed by atoms with Gasteiger partial charge in [-0.05, 0) is 48.7 Å². The van der Waals surface area contributed by atoms with Crippen LogP contribution in [-0.4, -0.2) is 33.9 Å². The highest BCUT2D eigenvalue weighted by Crippen LogP contribution is 2.31. The first-order valence-electron chi connectivity index (χ1n) is 8.92. The van der Waals surface area contributed by atoms with Crippen molar-refractivity contribution in [1.82, 2.24) is 14.9 Å². The van der Waals surface area contributed by atoms with E-state index in [1.165, 1.54) is 12.4 Å². The third kappa shape index (κ3) is 3.33. The Morgan fingerprint density at radius 3 is 3.04 bits per heavy atom. The van der Waals surface area contributed by atoms with Crippen molar-refractivity contribution in [2.24, 2.45) is 0 Å². The van der Waals surface area contributed by atoms with Gasteiger partial charge in [-0.25, -0.2) is 9.37 Å². The fraction of sp³-hybridized carbons (Fsp3) is 0.250. The summed E-state index contributed by atoms with van der Waals surface area (Å²) in [6.45, 7) is 2.49. The highest BCUT2D eigenvalue weighted by atomic mass is 35.5. The summed E-state index contributed by atoms with van der Waals surface area (Å²) < 4.78 is 14.3. The van der Waals surface area contributed by atoms with Crippen molar-refractivity contribution < 1.29 is 9.18 Å². The van der Waals surface area contributed by atoms with Crippen LogP contribution in [0.4, 0.5) is 10.1 Å². The maximum Gasteiger partial charge on any atom is 0.258 e. The number of rotatable bonds is 3. The minimum atomic E-state index is -0.606. The number of anilines is 1. The summed E-state index contributed by atoms with van der Waals surface area (Å²) in [6, 6.07) is 8.18. The molecule has 0 radical (unpaired) electrons. The summed E-state index contributed by atoms with van der Waals surface area (Å²) in [7, 11) is 0. The summed E-state index contributed by atoms with van der Waals surface area (Å²) in [4.78, 5) is 32.7. The van der Waals surface area contributed by atoms with Crippen molar-refractivity contribution in [3.8, 4) is 0 Å². The van der Waals surface area contributed by atoms with Crippen molar-refractivity contribution in [3.05, 3.63) is 69.0 Å². The Bertz CT molecular complexity index is 1130. The first kappa shape index (κ1) is 18.4. The molecule has 8 heteroatoms. The number of hydrogen-bond acceptors (Lipinski definition) is 4. The molecule has 1 atom stereocenters. The summed E-state index contributed by atoms with van der Waals surface area (Å²) in [5.74, 6) is -0.739. The normalized spacial score (nSPS) is 16.1. The molecule has 0 spiro atoms. The van der Waals surface area contributed by atoms with Gasteiger partial charge in [0.15, 0.2) is 0 Å². The molecule has 2 N–H and O–H groups in total. The van der Waals surface area contributed by atoms with Crippen LogP contribution in [0.15, 0.2) is 41.5 Å². The van der Waals surface area contributed by atoms with E-state index in [-0.39, 0.29) is 29.6 Å². The molecule has 0 saturated heterocycles. The van der Waals surface area contributed by atoms with Gasteiger partial charge in [-0.1, -0.05) is 17.7 Å². The maximum absolute atomic E-state index is 14.3. The van der Waals surface area contributed by atoms with Gasteiger partial charge in [0.25, 0.3) is 5.56 Å². The lowest BCUT2D eigenvalue weighted by Crippen LogP contribution is -2.41. The van der Waals surface area contributed by atoms with Crippen molar-refractivity contribution in [1.29, 1.82) is 0 Å². The number of nitrogens with one attached hydrogen (secondary N) is 2. The van der Waals surface area contributed by atoms with Gasteiger partial charge in [0.05, 0.1) is 35.5 Å². The van der Waals surface area contributed by atoms with Crippen molar-refractivity contribution in [2.75, 3.05) is 18.4 Å². The number of carbonyl (C=O) groups excluding carboxylic acids is 1. The predicted molar refractivity (Wildman–Crippen MR) is 106 cm³/mol. The van der Waals surface area contributed by atoms with E-state index in [0.717, 1.165) is 23.6 Å². The maximum atomic E-state index is 14.3. The van der Waals surface area contributed by atoms with E-state index in [1.54, 1.807) is 4.90 Å². The molecule has 1 aliphatic rings. The van der Waals surface area contributed by atoms with Crippen LogP contribution in [0.5, 0.6) is 0 Å². The van der Waals surface area contributed by atoms with Crippen LogP contribution in [-0.2, 0) is 11.2 Å². The van der Waals surface area contributed by atoms with Crippen LogP contribution in [0.2, 0.25) is 5.02 Å². The summed E-state index contributed by atoms with van der Waals surface area (Å²) >= 11 is 6.05. The van der Waals surface area contributed by atoms with Crippen LogP contribution in [0.3, 0.4) is 0 Å². The zero-order chi connectivity index (χ0) is 19.8. The molecule has 28 heavy (non-hydrogen) atoms. The van der Waals surface area contributed by atoms with Gasteiger partial charge >= 0.3 is 0 Å². The number of halogens is 2. The Kier molecular flexibility index (Phi) is 4.77. The zero-order valence-electron chi connectivity index (χ0n) is 15.1. The smallest absolute Gasteiger partial charge is 0.258 e. The van der Waals surface area contributed by atoms with Crippen LogP contribution >= 0.6 is 11.6 Å². The zero-order valence-corrected chi connectivity index (χ0v) is 15.9. The van der Waals surface area contributed by atoms with Gasteiger partial charge in [0.2, 0.25) is 5.91 Å². The highest BCUT2D eigenvalue weighted by molar-refractivity contribution is 6.30. The van der Waals surface area contributed by atoms with Gasteiger partial charge in [0.1, 0.15) is 5.82 Å². The Balaban J connectivity index is 1.50. The first-order valence-corrected chi connectivity index (χ1v) is 9.30. The highest BCUT2D eigenvalue weighted by Gasteiger charge is 2.27. The number of benzene rings is 2. The van der Waals surface area contributed by atoms with Crippen molar-refractivity contribution in [2.45, 2.75) is 19.4 Å². The minimum absolute atomic E-state index is 0.0567. The molecule has 1 amide bonds. The second-order valence-electron chi connectivity index (χ2n) is 6.79. The van der Waals surface area contributed by atoms with E-state index in [0.29, 0.717) is 17.1 Å². The Hall–Kier alpha value is -2.93. The van der Waals surface area contributed by atoms with Crippen molar-refractivity contribution in [3.63, 3.8) is 0 Å². The number of amides is 1. The monoisotopic (exact) mass is 400 g/mol. The molecule has 2 heterocycles. The Morgan fingerprint density at radius 1 is 1.39 bits per heavy atom. The SMILES string of the molecule is C[C@H]1c2ccc(Cl)cc2CCN1C(=O)CNc1cc2nc[nH]c(=O)c2cc1F. The first-order chi connectivity index (χ1) is 13.4. The predicted octanol–water partition coefficient (Wildman–Crippen LogP) is 3.27. The number of aromatic nitrogens is 2. The van der Waals surface area contributed by atoms with Crippen LogP contribution < -0.4 is 10.9 Å². The molecule has 0 unspecified atom stereocenters. The molecular formula is C20H18ClFN4O2. The van der Waals surface area contributed by atoms with E-state index >= 15 is 0 Å². The Morgan fingerprint density at radius 2 is 2.21 bits per heavy atom. The van der Waals surface area contributed by atoms with Gasteiger partial charge in [-0.15, -0.1) is 0 Å². The van der Waals surface area contributed by atoms with E-state index in [9.17, 15) is 14.0 Å². The Labute approximate surface area is 165 Å². The van der Waals surface area contributed by atoms with Gasteiger partial charge in [-0.2, -0.15) is 0 Å². The summed E-state index contributed by atoms with van der Waals surface area (Å²) in [6.07, 6.45) is 1.99. The lowest BCUT2D eigenvalue weighted by atomic mass is 9.93. The molecule has 0 bridgehead atoms. The number of nitrogens with zero attached hydrogens (tertiary/aromatic N) is 2. The average Bonchev–Trinajstić information content (AvgIpc) is 2.67. The minimum Gasteiger partial charge on any atom is -0.374 e. The van der Waals surface area contributed by atoms with Gasteiger partial charge in [0, 0.05) is 11.6 Å². The topological polar surface area (TPSA) is 78.1 Å². The molecule has 0 saturated carbocycles. The standard InChI is InChI=1S/C20H18ClFN4O2/c1-11-14-3-2-13(21)6-12(14)4-5-26(11)19(27)9-23-18-8-17-15(7-16(18)22)20(28)25-10-24-17/h2-3,6-8,10-11,23H,4-5,9H2,1H3,(H,24,25,28)/t11-/m0/s1. The largest absolute Gasteiger partial charge is 0.374 e. The molecule has 1 aromatic heterocycles. The quantitative estimate of drug-likeness (QED) is 0.707. The van der Waals surface area contributed by atoms with Gasteiger partial charge in [-0.3, -0.25) is 9.59 Å². The summed E-state index contributed by atoms with van der Waals surface area (Å²) in [5.41, 5.74) is 2.30. The van der Waals surface area contributed by atoms with E-state index in [2.05, 4.69) is 15.3 Å². The molecule has 3 aromatic rings. The molecule has 0 aliphatic carbocycles.